The van der Waals surface area contributed by atoms with Crippen LogP contribution in [-0.2, 0) is 0 Å². The van der Waals surface area contributed by atoms with Crippen LogP contribution in [0.15, 0.2) is 31.9 Å². The Morgan fingerprint density at radius 1 is 0.611 bits per heavy atom. The van der Waals surface area contributed by atoms with E-state index in [4.69, 9.17) is 13.9 Å². The smallest absolute Gasteiger partial charge is 0.350 e. The second kappa shape index (κ2) is 19.6. The predicted octanol–water partition coefficient (Wildman–Crippen LogP) is 10.4. The third kappa shape index (κ3) is 12.7. The molecule has 0 saturated carbocycles. The van der Waals surface area contributed by atoms with E-state index in [2.05, 4.69) is 29.8 Å². The third-order valence-electron chi connectivity index (χ3n) is 6.77. The first-order valence-electron chi connectivity index (χ1n) is 14.7. The van der Waals surface area contributed by atoms with Crippen molar-refractivity contribution in [2.75, 3.05) is 13.2 Å². The summed E-state index contributed by atoms with van der Waals surface area (Å²) >= 11 is 3.28. The normalized spacial score (nSPS) is 11.3. The zero-order valence-corrected chi connectivity index (χ0v) is 24.5. The summed E-state index contributed by atoms with van der Waals surface area (Å²) in [5.74, 6) is 1.40. The molecule has 0 aliphatic carbocycles. The SMILES string of the molecule is CCCCCCCCCCCOc1cc2cc(Br)c(=O)oc2cc1OCCCCCCCCCCC. The molecule has 0 unspecified atom stereocenters. The van der Waals surface area contributed by atoms with E-state index in [0.717, 1.165) is 24.0 Å². The van der Waals surface area contributed by atoms with E-state index in [0.29, 0.717) is 29.0 Å². The highest BCUT2D eigenvalue weighted by molar-refractivity contribution is 9.10. The van der Waals surface area contributed by atoms with E-state index in [9.17, 15) is 4.79 Å². The quantitative estimate of drug-likeness (QED) is 0.105. The fourth-order valence-electron chi connectivity index (χ4n) is 4.52. The lowest BCUT2D eigenvalue weighted by atomic mass is 10.1. The van der Waals surface area contributed by atoms with Crippen LogP contribution in [0.2, 0.25) is 0 Å². The van der Waals surface area contributed by atoms with Gasteiger partial charge in [-0.15, -0.1) is 0 Å². The maximum absolute atomic E-state index is 12.0. The summed E-state index contributed by atoms with van der Waals surface area (Å²) < 4.78 is 18.2. The molecule has 0 spiro atoms. The second-order valence-electron chi connectivity index (χ2n) is 10.1. The van der Waals surface area contributed by atoms with Crippen molar-refractivity contribution in [2.24, 2.45) is 0 Å². The Bertz CT molecular complexity index is 892. The van der Waals surface area contributed by atoms with Crippen molar-refractivity contribution in [1.29, 1.82) is 0 Å². The van der Waals surface area contributed by atoms with Crippen molar-refractivity contribution in [2.45, 2.75) is 129 Å². The van der Waals surface area contributed by atoms with Gasteiger partial charge >= 0.3 is 5.63 Å². The van der Waals surface area contributed by atoms with Crippen molar-refractivity contribution in [3.8, 4) is 11.5 Å². The van der Waals surface area contributed by atoms with Gasteiger partial charge in [-0.1, -0.05) is 117 Å². The molecule has 0 saturated heterocycles. The lowest BCUT2D eigenvalue weighted by molar-refractivity contribution is 0.258. The molecule has 5 heteroatoms. The number of benzene rings is 1. The minimum absolute atomic E-state index is 0.379. The molecular weight excluding hydrogens is 516 g/mol. The second-order valence-corrected chi connectivity index (χ2v) is 10.9. The maximum atomic E-state index is 12.0. The monoisotopic (exact) mass is 564 g/mol. The largest absolute Gasteiger partial charge is 0.490 e. The highest BCUT2D eigenvalue weighted by Gasteiger charge is 2.12. The van der Waals surface area contributed by atoms with Gasteiger partial charge in [0.1, 0.15) is 10.1 Å². The molecule has 1 heterocycles. The number of hydrogen-bond acceptors (Lipinski definition) is 4. The fourth-order valence-corrected chi connectivity index (χ4v) is 4.85. The minimum atomic E-state index is -0.379. The van der Waals surface area contributed by atoms with Crippen LogP contribution in [0.25, 0.3) is 11.0 Å². The number of unbranched alkanes of at least 4 members (excludes halogenated alkanes) is 16. The standard InChI is InChI=1S/C31H49BrO4/c1-3-5-7-9-11-13-15-17-19-21-34-29-24-26-23-27(32)31(33)36-28(26)25-30(29)35-22-20-18-16-14-12-10-8-6-4-2/h23-25H,3-22H2,1-2H3. The molecule has 204 valence electrons. The van der Waals surface area contributed by atoms with Crippen LogP contribution < -0.4 is 15.1 Å². The van der Waals surface area contributed by atoms with Crippen molar-refractivity contribution >= 4 is 26.9 Å². The van der Waals surface area contributed by atoms with Gasteiger partial charge in [-0.25, -0.2) is 4.79 Å². The van der Waals surface area contributed by atoms with Crippen LogP contribution in [0.3, 0.4) is 0 Å². The summed E-state index contributed by atoms with van der Waals surface area (Å²) in [5.41, 5.74) is 0.149. The van der Waals surface area contributed by atoms with E-state index in [1.54, 1.807) is 6.07 Å². The van der Waals surface area contributed by atoms with Crippen LogP contribution in [0, 0.1) is 0 Å². The van der Waals surface area contributed by atoms with Crippen LogP contribution in [-0.4, -0.2) is 13.2 Å². The molecule has 36 heavy (non-hydrogen) atoms. The number of hydrogen-bond donors (Lipinski definition) is 0. The first-order chi connectivity index (χ1) is 17.7. The molecule has 2 aromatic rings. The van der Waals surface area contributed by atoms with Crippen molar-refractivity contribution in [3.05, 3.63) is 33.1 Å². The summed E-state index contributed by atoms with van der Waals surface area (Å²) in [5, 5.41) is 0.832. The number of rotatable bonds is 22. The predicted molar refractivity (Wildman–Crippen MR) is 156 cm³/mol. The Morgan fingerprint density at radius 3 is 1.50 bits per heavy atom. The van der Waals surface area contributed by atoms with Gasteiger partial charge in [-0.05, 0) is 40.9 Å². The van der Waals surface area contributed by atoms with Crippen LogP contribution in [0.5, 0.6) is 11.5 Å². The van der Waals surface area contributed by atoms with Gasteiger partial charge in [0.15, 0.2) is 11.5 Å². The molecule has 0 aliphatic rings. The first kappa shape index (κ1) is 30.7. The van der Waals surface area contributed by atoms with E-state index < -0.39 is 0 Å². The average molecular weight is 566 g/mol. The van der Waals surface area contributed by atoms with Gasteiger partial charge < -0.3 is 13.9 Å². The summed E-state index contributed by atoms with van der Waals surface area (Å²) in [6, 6.07) is 5.53. The van der Waals surface area contributed by atoms with Crippen LogP contribution >= 0.6 is 15.9 Å². The van der Waals surface area contributed by atoms with Gasteiger partial charge in [0.25, 0.3) is 0 Å². The molecule has 1 aromatic carbocycles. The molecule has 1 aromatic heterocycles. The van der Waals surface area contributed by atoms with Gasteiger partial charge in [-0.3, -0.25) is 0 Å². The zero-order chi connectivity index (χ0) is 25.8. The van der Waals surface area contributed by atoms with E-state index in [1.807, 2.05) is 12.1 Å². The number of ether oxygens (including phenoxy) is 2. The lowest BCUT2D eigenvalue weighted by Gasteiger charge is -2.14. The summed E-state index contributed by atoms with van der Waals surface area (Å²) in [6.07, 6.45) is 23.1. The fraction of sp³-hybridized carbons (Fsp3) is 0.710. The zero-order valence-electron chi connectivity index (χ0n) is 22.9. The first-order valence-corrected chi connectivity index (χ1v) is 15.5. The molecule has 0 radical (unpaired) electrons. The molecular formula is C31H49BrO4. The Kier molecular flexibility index (Phi) is 16.7. The van der Waals surface area contributed by atoms with Crippen molar-refractivity contribution < 1.29 is 13.9 Å². The summed E-state index contributed by atoms with van der Waals surface area (Å²) in [7, 11) is 0. The number of fused-ring (bicyclic) bond motifs is 1. The highest BCUT2D eigenvalue weighted by atomic mass is 79.9. The van der Waals surface area contributed by atoms with E-state index in [1.165, 1.54) is 103 Å². The summed E-state index contributed by atoms with van der Waals surface area (Å²) in [4.78, 5) is 12.0. The molecule has 0 fully saturated rings. The van der Waals surface area contributed by atoms with E-state index >= 15 is 0 Å². The Hall–Kier alpha value is -1.49. The van der Waals surface area contributed by atoms with E-state index in [-0.39, 0.29) is 5.63 Å². The van der Waals surface area contributed by atoms with Crippen LogP contribution in [0.4, 0.5) is 0 Å². The van der Waals surface area contributed by atoms with Crippen molar-refractivity contribution in [3.63, 3.8) is 0 Å². The Labute approximate surface area is 227 Å². The molecule has 0 aliphatic heterocycles. The maximum Gasteiger partial charge on any atom is 0.350 e. The average Bonchev–Trinajstić information content (AvgIpc) is 2.87. The molecule has 0 atom stereocenters. The van der Waals surface area contributed by atoms with Crippen molar-refractivity contribution in [1.82, 2.24) is 0 Å². The Balaban J connectivity index is 1.78. The van der Waals surface area contributed by atoms with Gasteiger partial charge in [-0.2, -0.15) is 0 Å². The Morgan fingerprint density at radius 2 is 1.03 bits per heavy atom. The number of halogens is 1. The third-order valence-corrected chi connectivity index (χ3v) is 7.32. The summed E-state index contributed by atoms with van der Waals surface area (Å²) in [6.45, 7) is 5.85. The topological polar surface area (TPSA) is 48.7 Å². The van der Waals surface area contributed by atoms with Gasteiger partial charge in [0.05, 0.1) is 13.2 Å². The van der Waals surface area contributed by atoms with Gasteiger partial charge in [0, 0.05) is 11.5 Å². The van der Waals surface area contributed by atoms with Gasteiger partial charge in [0.2, 0.25) is 0 Å². The molecule has 0 bridgehead atoms. The molecule has 0 N–H and O–H groups in total. The van der Waals surface area contributed by atoms with Crippen LogP contribution in [0.1, 0.15) is 129 Å². The highest BCUT2D eigenvalue weighted by Crippen LogP contribution is 2.33. The lowest BCUT2D eigenvalue weighted by Crippen LogP contribution is -2.04. The molecule has 0 amide bonds. The molecule has 2 rings (SSSR count). The minimum Gasteiger partial charge on any atom is -0.490 e. The molecule has 4 nitrogen and oxygen atoms in total.